The summed E-state index contributed by atoms with van der Waals surface area (Å²) in [5.74, 6) is -0.569. The Balaban J connectivity index is 1.45. The molecule has 1 unspecified atom stereocenters. The smallest absolute Gasteiger partial charge is 0.412 e. The van der Waals surface area contributed by atoms with Gasteiger partial charge in [0.05, 0.1) is 18.3 Å². The summed E-state index contributed by atoms with van der Waals surface area (Å²) >= 11 is 4.37. The second kappa shape index (κ2) is 13.0. The standard InChI is InChI=1S/C27H34BrN7O5S/c1-27(2,3)40-26(38)33-22-20(32-25(28)41-22)21(36)31-18-14-30-34(4)23(18)35-12-8-11-17(13-19(35)29)24(37)39-15-16-9-6-5-7-10-16/h5-7,9-10,14,17,19H,8,11-13,15,29H2,1-4H3,(H,31,36)(H,33,38)/t17?,19-/m1/s1. The average Bonchev–Trinajstić information content (AvgIpc) is 3.37. The summed E-state index contributed by atoms with van der Waals surface area (Å²) in [4.78, 5) is 44.7. The van der Waals surface area contributed by atoms with Crippen LogP contribution >= 0.6 is 27.3 Å². The van der Waals surface area contributed by atoms with Crippen molar-refractivity contribution in [3.63, 3.8) is 0 Å². The molecule has 0 radical (unpaired) electrons. The minimum Gasteiger partial charge on any atom is -0.461 e. The number of ether oxygens (including phenoxy) is 2. The lowest BCUT2D eigenvalue weighted by Crippen LogP contribution is -2.44. The summed E-state index contributed by atoms with van der Waals surface area (Å²) in [5, 5.41) is 10.0. The Morgan fingerprint density at radius 2 is 1.93 bits per heavy atom. The van der Waals surface area contributed by atoms with Gasteiger partial charge in [0, 0.05) is 13.6 Å². The molecule has 1 saturated heterocycles. The molecular weight excluding hydrogens is 614 g/mol. The van der Waals surface area contributed by atoms with Gasteiger partial charge in [-0.3, -0.25) is 19.6 Å². The first kappa shape index (κ1) is 30.5. The van der Waals surface area contributed by atoms with Crippen LogP contribution in [0.3, 0.4) is 0 Å². The van der Waals surface area contributed by atoms with E-state index in [4.69, 9.17) is 15.2 Å². The molecule has 0 saturated carbocycles. The van der Waals surface area contributed by atoms with Gasteiger partial charge in [0.25, 0.3) is 5.91 Å². The van der Waals surface area contributed by atoms with Crippen molar-refractivity contribution in [1.82, 2.24) is 14.8 Å². The quantitative estimate of drug-likeness (QED) is 0.305. The van der Waals surface area contributed by atoms with Crippen LogP contribution in [0.25, 0.3) is 0 Å². The SMILES string of the molecule is Cn1ncc(NC(=O)c2nc(Br)sc2NC(=O)OC(C)(C)C)c1N1CCCC(C(=O)OCc2ccccc2)C[C@@H]1N. The average molecular weight is 649 g/mol. The van der Waals surface area contributed by atoms with E-state index in [9.17, 15) is 14.4 Å². The van der Waals surface area contributed by atoms with Gasteiger partial charge < -0.3 is 25.4 Å². The maximum atomic E-state index is 13.3. The monoisotopic (exact) mass is 647 g/mol. The molecule has 1 aromatic carbocycles. The van der Waals surface area contributed by atoms with E-state index >= 15 is 0 Å². The fourth-order valence-electron chi connectivity index (χ4n) is 4.50. The van der Waals surface area contributed by atoms with E-state index in [1.165, 1.54) is 6.20 Å². The Morgan fingerprint density at radius 3 is 2.63 bits per heavy atom. The van der Waals surface area contributed by atoms with Crippen molar-refractivity contribution in [3.05, 3.63) is 51.7 Å². The molecule has 3 heterocycles. The molecule has 0 bridgehead atoms. The Labute approximate surface area is 250 Å². The highest BCUT2D eigenvalue weighted by Gasteiger charge is 2.32. The van der Waals surface area contributed by atoms with Gasteiger partial charge >= 0.3 is 12.1 Å². The van der Waals surface area contributed by atoms with Gasteiger partial charge in [0.1, 0.15) is 22.9 Å². The number of carbonyl (C=O) groups is 3. The molecular formula is C27H34BrN7O5S. The second-order valence-corrected chi connectivity index (χ2v) is 12.9. The van der Waals surface area contributed by atoms with Gasteiger partial charge in [-0.1, -0.05) is 41.7 Å². The summed E-state index contributed by atoms with van der Waals surface area (Å²) in [6.07, 6.45) is 2.02. The first-order valence-electron chi connectivity index (χ1n) is 13.1. The number of hydrogen-bond donors (Lipinski definition) is 3. The first-order chi connectivity index (χ1) is 19.4. The van der Waals surface area contributed by atoms with E-state index in [1.54, 1.807) is 32.5 Å². The number of amides is 2. The molecule has 0 spiro atoms. The summed E-state index contributed by atoms with van der Waals surface area (Å²) in [5.41, 5.74) is 7.26. The Bertz CT molecular complexity index is 1390. The Morgan fingerprint density at radius 1 is 1.20 bits per heavy atom. The lowest BCUT2D eigenvalue weighted by atomic mass is 10.00. The van der Waals surface area contributed by atoms with Crippen molar-refractivity contribution in [3.8, 4) is 0 Å². The van der Waals surface area contributed by atoms with Crippen molar-refractivity contribution in [2.75, 3.05) is 22.1 Å². The van der Waals surface area contributed by atoms with E-state index in [2.05, 4.69) is 36.6 Å². The normalized spacial score (nSPS) is 17.5. The van der Waals surface area contributed by atoms with Gasteiger partial charge in [-0.2, -0.15) is 5.10 Å². The second-order valence-electron chi connectivity index (χ2n) is 10.7. The Hall–Kier alpha value is -3.49. The number of esters is 1. The van der Waals surface area contributed by atoms with Crippen LogP contribution in [0.5, 0.6) is 0 Å². The van der Waals surface area contributed by atoms with E-state index in [-0.39, 0.29) is 29.2 Å². The number of benzene rings is 1. The highest BCUT2D eigenvalue weighted by molar-refractivity contribution is 9.11. The highest BCUT2D eigenvalue weighted by atomic mass is 79.9. The molecule has 41 heavy (non-hydrogen) atoms. The third-order valence-electron chi connectivity index (χ3n) is 6.29. The zero-order valence-electron chi connectivity index (χ0n) is 23.3. The van der Waals surface area contributed by atoms with Crippen LogP contribution in [0.15, 0.2) is 40.4 Å². The van der Waals surface area contributed by atoms with Crippen LogP contribution in [0.2, 0.25) is 0 Å². The maximum Gasteiger partial charge on any atom is 0.412 e. The van der Waals surface area contributed by atoms with Crippen molar-refractivity contribution in [1.29, 1.82) is 0 Å². The van der Waals surface area contributed by atoms with Gasteiger partial charge in [0.15, 0.2) is 15.4 Å². The first-order valence-corrected chi connectivity index (χ1v) is 14.7. The number of anilines is 3. The zero-order chi connectivity index (χ0) is 29.7. The van der Waals surface area contributed by atoms with E-state index in [1.807, 2.05) is 35.2 Å². The van der Waals surface area contributed by atoms with Gasteiger partial charge in [0.2, 0.25) is 0 Å². The van der Waals surface area contributed by atoms with Crippen LogP contribution in [-0.2, 0) is 27.9 Å². The van der Waals surface area contributed by atoms with E-state index in [0.717, 1.165) is 16.9 Å². The van der Waals surface area contributed by atoms with Crippen LogP contribution < -0.4 is 21.3 Å². The summed E-state index contributed by atoms with van der Waals surface area (Å²) in [6.45, 7) is 6.01. The number of aryl methyl sites for hydroxylation is 1. The fourth-order valence-corrected chi connectivity index (χ4v) is 5.84. The highest BCUT2D eigenvalue weighted by Crippen LogP contribution is 2.34. The zero-order valence-corrected chi connectivity index (χ0v) is 25.8. The fraction of sp³-hybridized carbons (Fsp3) is 0.444. The van der Waals surface area contributed by atoms with Crippen molar-refractivity contribution < 1.29 is 23.9 Å². The van der Waals surface area contributed by atoms with Crippen LogP contribution in [0.4, 0.5) is 21.3 Å². The number of nitrogens with two attached hydrogens (primary N) is 1. The topological polar surface area (TPSA) is 154 Å². The number of hydrogen-bond acceptors (Lipinski definition) is 10. The van der Waals surface area contributed by atoms with Gasteiger partial charge in [-0.05, 0) is 61.5 Å². The van der Waals surface area contributed by atoms with Gasteiger partial charge in [-0.25, -0.2) is 9.78 Å². The number of carbonyl (C=O) groups excluding carboxylic acids is 3. The molecule has 2 atom stereocenters. The molecule has 4 rings (SSSR count). The molecule has 1 fully saturated rings. The molecule has 0 aliphatic carbocycles. The molecule has 2 amide bonds. The van der Waals surface area contributed by atoms with Crippen molar-refractivity contribution in [2.24, 2.45) is 18.7 Å². The molecule has 220 valence electrons. The predicted octanol–water partition coefficient (Wildman–Crippen LogP) is 4.87. The third-order valence-corrected chi connectivity index (χ3v) is 7.72. The van der Waals surface area contributed by atoms with Crippen LogP contribution in [0, 0.1) is 5.92 Å². The van der Waals surface area contributed by atoms with Crippen molar-refractivity contribution in [2.45, 2.75) is 58.4 Å². The maximum absolute atomic E-state index is 13.3. The van der Waals surface area contributed by atoms with E-state index in [0.29, 0.717) is 41.2 Å². The lowest BCUT2D eigenvalue weighted by molar-refractivity contribution is -0.150. The predicted molar refractivity (Wildman–Crippen MR) is 160 cm³/mol. The summed E-state index contributed by atoms with van der Waals surface area (Å²) in [6, 6.07) is 9.53. The van der Waals surface area contributed by atoms with Crippen LogP contribution in [0.1, 0.15) is 56.1 Å². The van der Waals surface area contributed by atoms with E-state index < -0.39 is 23.8 Å². The molecule has 3 aromatic rings. The largest absolute Gasteiger partial charge is 0.461 e. The Kier molecular flexibility index (Phi) is 9.66. The number of nitrogens with one attached hydrogen (secondary N) is 2. The molecule has 14 heteroatoms. The minimum atomic E-state index is -0.706. The minimum absolute atomic E-state index is 0.0175. The van der Waals surface area contributed by atoms with Crippen LogP contribution in [-0.4, -0.2) is 51.0 Å². The molecule has 1 aliphatic rings. The molecule has 4 N–H and O–H groups in total. The number of rotatable bonds is 7. The molecule has 2 aromatic heterocycles. The van der Waals surface area contributed by atoms with Gasteiger partial charge in [-0.15, -0.1) is 0 Å². The number of nitrogens with zero attached hydrogens (tertiary/aromatic N) is 4. The molecule has 1 aliphatic heterocycles. The molecule has 12 nitrogen and oxygen atoms in total. The van der Waals surface area contributed by atoms with Crippen molar-refractivity contribution >= 4 is 61.7 Å². The summed E-state index contributed by atoms with van der Waals surface area (Å²) < 4.78 is 12.9. The summed E-state index contributed by atoms with van der Waals surface area (Å²) in [7, 11) is 1.75. The number of aromatic nitrogens is 3. The number of halogens is 1. The third kappa shape index (κ3) is 8.05. The lowest BCUT2D eigenvalue weighted by Gasteiger charge is -2.30. The number of thiazole rings is 1.